The van der Waals surface area contributed by atoms with Crippen LogP contribution in [0.4, 0.5) is 0 Å². The number of hydrogen-bond donors (Lipinski definition) is 1. The fourth-order valence-corrected chi connectivity index (χ4v) is 2.59. The number of ether oxygens (including phenoxy) is 1. The summed E-state index contributed by atoms with van der Waals surface area (Å²) in [5.41, 5.74) is 0.984. The molecule has 0 aromatic heterocycles. The van der Waals surface area contributed by atoms with Crippen LogP contribution in [0.1, 0.15) is 6.42 Å². The van der Waals surface area contributed by atoms with Crippen molar-refractivity contribution in [3.8, 4) is 0 Å². The number of allylic oxidation sites excluding steroid dienone is 1. The maximum Gasteiger partial charge on any atom is 0.150 e. The fraction of sp³-hybridized carbons (Fsp3) is 0.571. The summed E-state index contributed by atoms with van der Waals surface area (Å²) in [5, 5.41) is 3.74. The highest BCUT2D eigenvalue weighted by Gasteiger charge is 2.31. The van der Waals surface area contributed by atoms with Crippen LogP contribution < -0.4 is 5.32 Å². The lowest BCUT2D eigenvalue weighted by atomic mass is 10.2. The average molecular weight is 285 g/mol. The molecule has 4 nitrogen and oxygen atoms in total. The summed E-state index contributed by atoms with van der Waals surface area (Å²) in [7, 11) is 8.52. The van der Waals surface area contributed by atoms with Gasteiger partial charge in [0.05, 0.1) is 24.7 Å². The van der Waals surface area contributed by atoms with Gasteiger partial charge in [-0.05, 0) is 14.1 Å². The zero-order valence-electron chi connectivity index (χ0n) is 12.1. The SMILES string of the molecule is CN(C)CCC1C[N+](C)(C)C=C2C(Cl)=CNC=C2O1. The largest absolute Gasteiger partial charge is 0.482 e. The van der Waals surface area contributed by atoms with Crippen molar-refractivity contribution in [2.24, 2.45) is 0 Å². The Morgan fingerprint density at radius 3 is 2.84 bits per heavy atom. The molecule has 0 saturated heterocycles. The molecule has 2 aliphatic heterocycles. The Morgan fingerprint density at radius 2 is 2.16 bits per heavy atom. The van der Waals surface area contributed by atoms with Gasteiger partial charge in [-0.2, -0.15) is 0 Å². The number of nitrogens with zero attached hydrogens (tertiary/aromatic N) is 2. The summed E-state index contributed by atoms with van der Waals surface area (Å²) in [6.07, 6.45) is 7.05. The second-order valence-corrected chi connectivity index (χ2v) is 6.41. The van der Waals surface area contributed by atoms with Gasteiger partial charge in [0.15, 0.2) is 0 Å². The van der Waals surface area contributed by atoms with E-state index in [2.05, 4.69) is 44.6 Å². The van der Waals surface area contributed by atoms with Gasteiger partial charge in [-0.15, -0.1) is 0 Å². The van der Waals surface area contributed by atoms with Crippen molar-refractivity contribution < 1.29 is 9.22 Å². The monoisotopic (exact) mass is 284 g/mol. The Bertz CT molecular complexity index is 438. The Kier molecular flexibility index (Phi) is 4.23. The second-order valence-electron chi connectivity index (χ2n) is 6.00. The quantitative estimate of drug-likeness (QED) is 0.800. The Hall–Kier alpha value is -0.970. The summed E-state index contributed by atoms with van der Waals surface area (Å²) in [5.74, 6) is 0.847. The normalized spacial score (nSPS) is 25.4. The number of fused-ring (bicyclic) bond motifs is 1. The first-order chi connectivity index (χ1) is 8.87. The van der Waals surface area contributed by atoms with Crippen molar-refractivity contribution in [2.75, 3.05) is 41.3 Å². The highest BCUT2D eigenvalue weighted by molar-refractivity contribution is 6.32. The maximum atomic E-state index is 6.26. The third-order valence-electron chi connectivity index (χ3n) is 3.29. The first-order valence-corrected chi connectivity index (χ1v) is 6.95. The Morgan fingerprint density at radius 1 is 1.42 bits per heavy atom. The van der Waals surface area contributed by atoms with Crippen molar-refractivity contribution in [1.29, 1.82) is 0 Å². The fourth-order valence-electron chi connectivity index (χ4n) is 2.38. The van der Waals surface area contributed by atoms with Gasteiger partial charge < -0.3 is 15.0 Å². The number of dihydropyridines is 1. The minimum absolute atomic E-state index is 0.196. The standard InChI is InChI=1S/C14H23ClN3O/c1-17(2)6-5-11-9-18(3,4)10-12-13(15)7-16-8-14(12)19-11/h7-8,10-11,16H,5-6,9H2,1-4H3/q+1. The van der Waals surface area contributed by atoms with Gasteiger partial charge in [0.2, 0.25) is 0 Å². The van der Waals surface area contributed by atoms with Crippen LogP contribution in [0.2, 0.25) is 0 Å². The molecule has 0 saturated carbocycles. The molecule has 2 rings (SSSR count). The van der Waals surface area contributed by atoms with Crippen LogP contribution in [-0.4, -0.2) is 56.8 Å². The van der Waals surface area contributed by atoms with Crippen LogP contribution in [0.15, 0.2) is 35.0 Å². The minimum Gasteiger partial charge on any atom is -0.482 e. The molecular formula is C14H23ClN3O+. The molecule has 0 amide bonds. The number of nitrogens with one attached hydrogen (secondary N) is 1. The summed E-state index contributed by atoms with van der Waals surface area (Å²) >= 11 is 6.26. The molecule has 1 atom stereocenters. The van der Waals surface area contributed by atoms with Crippen LogP contribution in [0.25, 0.3) is 0 Å². The smallest absolute Gasteiger partial charge is 0.150 e. The first-order valence-electron chi connectivity index (χ1n) is 6.57. The molecule has 106 valence electrons. The first kappa shape index (κ1) is 14.4. The number of hydrogen-bond acceptors (Lipinski definition) is 3. The molecule has 0 spiro atoms. The van der Waals surface area contributed by atoms with Gasteiger partial charge in [-0.25, -0.2) is 0 Å². The van der Waals surface area contributed by atoms with Crippen LogP contribution >= 0.6 is 11.6 Å². The predicted molar refractivity (Wildman–Crippen MR) is 78.3 cm³/mol. The summed E-state index contributed by atoms with van der Waals surface area (Å²) < 4.78 is 6.91. The highest BCUT2D eigenvalue weighted by atomic mass is 35.5. The summed E-state index contributed by atoms with van der Waals surface area (Å²) in [6.45, 7) is 1.96. The second kappa shape index (κ2) is 5.57. The third-order valence-corrected chi connectivity index (χ3v) is 3.60. The lowest BCUT2D eigenvalue weighted by Gasteiger charge is -2.28. The van der Waals surface area contributed by atoms with Gasteiger partial charge in [0, 0.05) is 25.4 Å². The Balaban J connectivity index is 2.18. The van der Waals surface area contributed by atoms with Crippen molar-refractivity contribution in [1.82, 2.24) is 10.2 Å². The highest BCUT2D eigenvalue weighted by Crippen LogP contribution is 2.31. The van der Waals surface area contributed by atoms with E-state index in [-0.39, 0.29) is 6.10 Å². The van der Waals surface area contributed by atoms with Crippen molar-refractivity contribution in [3.05, 3.63) is 35.0 Å². The average Bonchev–Trinajstić information content (AvgIpc) is 2.43. The molecule has 0 aliphatic carbocycles. The number of rotatable bonds is 3. The molecule has 1 unspecified atom stereocenters. The molecule has 0 bridgehead atoms. The van der Waals surface area contributed by atoms with E-state index in [0.717, 1.165) is 35.3 Å². The van der Waals surface area contributed by atoms with Crippen molar-refractivity contribution in [2.45, 2.75) is 12.5 Å². The molecule has 1 N–H and O–H groups in total. The van der Waals surface area contributed by atoms with Gasteiger partial charge in [-0.3, -0.25) is 4.48 Å². The predicted octanol–water partition coefficient (Wildman–Crippen LogP) is 1.82. The van der Waals surface area contributed by atoms with Gasteiger partial charge in [-0.1, -0.05) is 11.6 Å². The van der Waals surface area contributed by atoms with E-state index >= 15 is 0 Å². The van der Waals surface area contributed by atoms with Gasteiger partial charge in [0.25, 0.3) is 0 Å². The lowest BCUT2D eigenvalue weighted by Crippen LogP contribution is -2.41. The van der Waals surface area contributed by atoms with Crippen LogP contribution in [0.3, 0.4) is 0 Å². The molecule has 5 heteroatoms. The number of quaternary nitrogens is 1. The molecule has 0 fully saturated rings. The molecule has 0 aromatic rings. The van der Waals surface area contributed by atoms with E-state index < -0.39 is 0 Å². The minimum atomic E-state index is 0.196. The van der Waals surface area contributed by atoms with Gasteiger partial charge in [0.1, 0.15) is 24.6 Å². The summed E-state index contributed by atoms with van der Waals surface area (Å²) in [4.78, 5) is 2.18. The van der Waals surface area contributed by atoms with Crippen LogP contribution in [0.5, 0.6) is 0 Å². The summed E-state index contributed by atoms with van der Waals surface area (Å²) in [6, 6.07) is 0. The molecule has 0 aromatic carbocycles. The van der Waals surface area contributed by atoms with Crippen LogP contribution in [0, 0.1) is 0 Å². The van der Waals surface area contributed by atoms with Crippen molar-refractivity contribution >= 4 is 11.6 Å². The lowest BCUT2D eigenvalue weighted by molar-refractivity contribution is -0.841. The topological polar surface area (TPSA) is 24.5 Å². The van der Waals surface area contributed by atoms with E-state index in [0.29, 0.717) is 5.03 Å². The van der Waals surface area contributed by atoms with Crippen molar-refractivity contribution in [3.63, 3.8) is 0 Å². The zero-order valence-corrected chi connectivity index (χ0v) is 12.9. The van der Waals surface area contributed by atoms with Gasteiger partial charge >= 0.3 is 0 Å². The number of halogens is 1. The number of likely N-dealkylation sites (N-methyl/N-ethyl adjacent to an activating group) is 1. The third kappa shape index (κ3) is 3.75. The van der Waals surface area contributed by atoms with E-state index in [1.54, 1.807) is 6.20 Å². The molecule has 2 heterocycles. The maximum absolute atomic E-state index is 6.26. The molecular weight excluding hydrogens is 262 g/mol. The van der Waals surface area contributed by atoms with E-state index in [4.69, 9.17) is 16.3 Å². The van der Waals surface area contributed by atoms with E-state index in [9.17, 15) is 0 Å². The van der Waals surface area contributed by atoms with E-state index in [1.165, 1.54) is 0 Å². The zero-order chi connectivity index (χ0) is 14.0. The molecule has 2 aliphatic rings. The molecule has 0 radical (unpaired) electrons. The van der Waals surface area contributed by atoms with E-state index in [1.807, 2.05) is 6.20 Å². The van der Waals surface area contributed by atoms with Crippen LogP contribution in [-0.2, 0) is 4.74 Å². The molecule has 19 heavy (non-hydrogen) atoms. The Labute approximate surface area is 120 Å².